The summed E-state index contributed by atoms with van der Waals surface area (Å²) < 4.78 is 12.1. The predicted octanol–water partition coefficient (Wildman–Crippen LogP) is 2.94. The highest BCUT2D eigenvalue weighted by atomic mass is 32.2. The fourth-order valence-corrected chi connectivity index (χ4v) is 2.99. The van der Waals surface area contributed by atoms with Crippen LogP contribution < -0.4 is 5.32 Å². The summed E-state index contributed by atoms with van der Waals surface area (Å²) in [4.78, 5) is 12.8. The van der Waals surface area contributed by atoms with E-state index in [1.54, 1.807) is 0 Å². The Morgan fingerprint density at radius 3 is 2.33 bits per heavy atom. The van der Waals surface area contributed by atoms with Crippen LogP contribution in [0.3, 0.4) is 0 Å². The monoisotopic (exact) mass is 339 g/mol. The summed E-state index contributed by atoms with van der Waals surface area (Å²) in [5.41, 5.74) is 0.975. The first-order valence-electron chi connectivity index (χ1n) is 7.94. The molecule has 0 saturated carbocycles. The summed E-state index contributed by atoms with van der Waals surface area (Å²) in [6.45, 7) is 1.97. The molecular weight excluding hydrogens is 318 g/mol. The van der Waals surface area contributed by atoms with Crippen LogP contribution in [-0.4, -0.2) is 21.9 Å². The molecule has 1 amide bonds. The Morgan fingerprint density at radius 1 is 1.08 bits per heavy atom. The second-order valence-corrected chi connectivity index (χ2v) is 6.77. The van der Waals surface area contributed by atoms with Gasteiger partial charge in [-0.05, 0) is 24.1 Å². The number of hydrogen-bond donors (Lipinski definition) is 1. The zero-order valence-electron chi connectivity index (χ0n) is 13.7. The van der Waals surface area contributed by atoms with Crippen LogP contribution in [0.25, 0.3) is 0 Å². The maximum Gasteiger partial charge on any atom is 0.225 e. The topological polar surface area (TPSA) is 46.2 Å². The van der Waals surface area contributed by atoms with E-state index >= 15 is 0 Å². The fourth-order valence-electron chi connectivity index (χ4n) is 2.15. The molecule has 2 atom stereocenters. The maximum absolute atomic E-state index is 12.1. The quantitative estimate of drug-likeness (QED) is 0.823. The minimum absolute atomic E-state index is 0.0495. The zero-order valence-corrected chi connectivity index (χ0v) is 14.5. The van der Waals surface area contributed by atoms with Crippen molar-refractivity contribution in [1.29, 1.82) is 0 Å². The molecule has 3 nitrogen and oxygen atoms in total. The minimum atomic E-state index is -1.13. The van der Waals surface area contributed by atoms with Crippen molar-refractivity contribution in [2.24, 2.45) is 0 Å². The molecule has 0 fully saturated rings. The van der Waals surface area contributed by atoms with Crippen LogP contribution >= 0.6 is 0 Å². The van der Waals surface area contributed by atoms with Crippen LogP contribution in [-0.2, 0) is 22.0 Å². The van der Waals surface area contributed by atoms with E-state index in [1.165, 1.54) is 0 Å². The van der Waals surface area contributed by atoms with Gasteiger partial charge in [-0.15, -0.1) is 0 Å². The Hall–Kier alpha value is -2.38. The summed E-state index contributed by atoms with van der Waals surface area (Å²) in [7, 11) is -1.13. The molecular formula is C20H21NO2S. The van der Waals surface area contributed by atoms with Gasteiger partial charge in [-0.3, -0.25) is 9.00 Å². The third kappa shape index (κ3) is 6.02. The highest BCUT2D eigenvalue weighted by molar-refractivity contribution is 7.85. The van der Waals surface area contributed by atoms with Gasteiger partial charge < -0.3 is 5.32 Å². The van der Waals surface area contributed by atoms with Crippen LogP contribution in [0.4, 0.5) is 0 Å². The number of rotatable bonds is 6. The summed E-state index contributed by atoms with van der Waals surface area (Å²) in [5.74, 6) is 6.17. The van der Waals surface area contributed by atoms with Gasteiger partial charge in [0.1, 0.15) is 0 Å². The summed E-state index contributed by atoms with van der Waals surface area (Å²) >= 11 is 0. The van der Waals surface area contributed by atoms with Gasteiger partial charge >= 0.3 is 0 Å². The van der Waals surface area contributed by atoms with Crippen molar-refractivity contribution in [1.82, 2.24) is 5.32 Å². The Labute approximate surface area is 145 Å². The van der Waals surface area contributed by atoms with E-state index in [0.717, 1.165) is 10.5 Å². The normalized spacial score (nSPS) is 12.5. The van der Waals surface area contributed by atoms with E-state index < -0.39 is 10.8 Å². The fraction of sp³-hybridized carbons (Fsp3) is 0.250. The molecule has 124 valence electrons. The molecule has 0 aliphatic rings. The Morgan fingerprint density at radius 2 is 1.71 bits per heavy atom. The average molecular weight is 339 g/mol. The summed E-state index contributed by atoms with van der Waals surface area (Å²) in [6, 6.07) is 18.7. The Kier molecular flexibility index (Phi) is 7.25. The molecule has 4 heteroatoms. The van der Waals surface area contributed by atoms with Gasteiger partial charge in [-0.25, -0.2) is 0 Å². The van der Waals surface area contributed by atoms with Crippen molar-refractivity contribution < 1.29 is 9.00 Å². The molecule has 0 bridgehead atoms. The van der Waals surface area contributed by atoms with Crippen molar-refractivity contribution in [2.45, 2.75) is 30.7 Å². The molecule has 0 aliphatic heterocycles. The van der Waals surface area contributed by atoms with Gasteiger partial charge in [0, 0.05) is 4.90 Å². The molecule has 0 saturated heterocycles. The molecule has 0 spiro atoms. The molecule has 0 heterocycles. The molecule has 24 heavy (non-hydrogen) atoms. The lowest BCUT2D eigenvalue weighted by molar-refractivity contribution is -0.120. The standard InChI is InChI=1S/C20H21NO2S/c1-2-18(21-20(22)16-17-10-5-3-6-11-17)12-9-15-24(23)19-13-7-4-8-14-19/h3-8,10-11,13-14,18H,2,15-16H2,1H3,(H,21,22). The average Bonchev–Trinajstić information content (AvgIpc) is 2.62. The van der Waals surface area contributed by atoms with Gasteiger partial charge in [0.15, 0.2) is 0 Å². The molecule has 2 aromatic carbocycles. The second kappa shape index (κ2) is 9.69. The first kappa shape index (κ1) is 18.0. The van der Waals surface area contributed by atoms with E-state index in [4.69, 9.17) is 0 Å². The third-order valence-corrected chi connectivity index (χ3v) is 4.64. The predicted molar refractivity (Wildman–Crippen MR) is 97.9 cm³/mol. The lowest BCUT2D eigenvalue weighted by Gasteiger charge is -2.10. The largest absolute Gasteiger partial charge is 0.342 e. The molecule has 0 radical (unpaired) electrons. The van der Waals surface area contributed by atoms with Crippen LogP contribution in [0.15, 0.2) is 65.6 Å². The van der Waals surface area contributed by atoms with E-state index in [0.29, 0.717) is 12.8 Å². The highest BCUT2D eigenvalue weighted by Gasteiger charge is 2.08. The number of hydrogen-bond acceptors (Lipinski definition) is 2. The number of nitrogens with one attached hydrogen (secondary N) is 1. The number of carbonyl (C=O) groups excluding carboxylic acids is 1. The minimum Gasteiger partial charge on any atom is -0.342 e. The van der Waals surface area contributed by atoms with Crippen LogP contribution in [0.5, 0.6) is 0 Å². The van der Waals surface area contributed by atoms with E-state index in [-0.39, 0.29) is 17.7 Å². The van der Waals surface area contributed by atoms with Crippen LogP contribution in [0.2, 0.25) is 0 Å². The van der Waals surface area contributed by atoms with Gasteiger partial charge in [-0.1, -0.05) is 67.3 Å². The van der Waals surface area contributed by atoms with Gasteiger partial charge in [0.05, 0.1) is 29.0 Å². The Balaban J connectivity index is 1.86. The maximum atomic E-state index is 12.1. The highest BCUT2D eigenvalue weighted by Crippen LogP contribution is 2.05. The third-order valence-electron chi connectivity index (χ3n) is 3.44. The lowest BCUT2D eigenvalue weighted by atomic mass is 10.1. The van der Waals surface area contributed by atoms with Crippen molar-refractivity contribution in [3.05, 3.63) is 66.2 Å². The molecule has 0 aliphatic carbocycles. The Bertz CT molecular complexity index is 732. The van der Waals surface area contributed by atoms with Crippen LogP contribution in [0.1, 0.15) is 18.9 Å². The van der Waals surface area contributed by atoms with E-state index in [9.17, 15) is 9.00 Å². The molecule has 2 aromatic rings. The molecule has 1 N–H and O–H groups in total. The first-order chi connectivity index (χ1) is 11.7. The first-order valence-corrected chi connectivity index (χ1v) is 9.26. The van der Waals surface area contributed by atoms with E-state index in [1.807, 2.05) is 67.6 Å². The SMILES string of the molecule is CCC(C#CCS(=O)c1ccccc1)NC(=O)Cc1ccccc1. The van der Waals surface area contributed by atoms with Crippen LogP contribution in [0, 0.1) is 11.8 Å². The van der Waals surface area contributed by atoms with E-state index in [2.05, 4.69) is 17.2 Å². The molecule has 2 rings (SSSR count). The van der Waals surface area contributed by atoms with Crippen molar-refractivity contribution in [2.75, 3.05) is 5.75 Å². The second-order valence-electron chi connectivity index (χ2n) is 5.31. The number of carbonyl (C=O) groups is 1. The lowest BCUT2D eigenvalue weighted by Crippen LogP contribution is -2.34. The summed E-state index contributed by atoms with van der Waals surface area (Å²) in [6.07, 6.45) is 1.06. The van der Waals surface area contributed by atoms with Crippen molar-refractivity contribution in [3.8, 4) is 11.8 Å². The number of amides is 1. The van der Waals surface area contributed by atoms with Crippen molar-refractivity contribution in [3.63, 3.8) is 0 Å². The number of benzene rings is 2. The van der Waals surface area contributed by atoms with Crippen molar-refractivity contribution >= 4 is 16.7 Å². The molecule has 2 unspecified atom stereocenters. The molecule has 0 aromatic heterocycles. The van der Waals surface area contributed by atoms with Gasteiger partial charge in [0.2, 0.25) is 5.91 Å². The smallest absolute Gasteiger partial charge is 0.225 e. The zero-order chi connectivity index (χ0) is 17.2. The summed E-state index contributed by atoms with van der Waals surface area (Å²) in [5, 5.41) is 2.92. The van der Waals surface area contributed by atoms with Gasteiger partial charge in [-0.2, -0.15) is 0 Å². The van der Waals surface area contributed by atoms with Gasteiger partial charge in [0.25, 0.3) is 0 Å².